The van der Waals surface area contributed by atoms with Crippen molar-refractivity contribution >= 4 is 27.7 Å². The summed E-state index contributed by atoms with van der Waals surface area (Å²) in [7, 11) is 0. The first-order valence-electron chi connectivity index (χ1n) is 5.30. The van der Waals surface area contributed by atoms with E-state index in [2.05, 4.69) is 29.8 Å². The smallest absolute Gasteiger partial charge is 0.137 e. The molecule has 0 spiro atoms. The summed E-state index contributed by atoms with van der Waals surface area (Å²) in [6.07, 6.45) is 0.790. The minimum atomic E-state index is -0.228. The van der Waals surface area contributed by atoms with Crippen molar-refractivity contribution in [3.8, 4) is 0 Å². The molecule has 0 aromatic heterocycles. The van der Waals surface area contributed by atoms with Crippen LogP contribution in [0.1, 0.15) is 19.4 Å². The lowest BCUT2D eigenvalue weighted by Gasteiger charge is -2.13. The van der Waals surface area contributed by atoms with Crippen molar-refractivity contribution in [3.63, 3.8) is 0 Å². The highest BCUT2D eigenvalue weighted by Gasteiger charge is 2.07. The molecule has 0 aliphatic heterocycles. The van der Waals surface area contributed by atoms with Crippen molar-refractivity contribution in [1.82, 2.24) is 0 Å². The summed E-state index contributed by atoms with van der Waals surface area (Å²) in [5.74, 6) is 0.709. The van der Waals surface area contributed by atoms with Crippen LogP contribution in [0.5, 0.6) is 0 Å². The van der Waals surface area contributed by atoms with Gasteiger partial charge in [0.15, 0.2) is 0 Å². The molecule has 16 heavy (non-hydrogen) atoms. The molecule has 0 amide bonds. The van der Waals surface area contributed by atoms with E-state index >= 15 is 0 Å². The maximum Gasteiger partial charge on any atom is 0.137 e. The monoisotopic (exact) mass is 305 g/mol. The van der Waals surface area contributed by atoms with Crippen LogP contribution in [0.15, 0.2) is 22.7 Å². The van der Waals surface area contributed by atoms with Crippen LogP contribution in [-0.2, 0) is 6.42 Å². The zero-order valence-electron chi connectivity index (χ0n) is 9.54. The Balaban J connectivity index is 2.49. The second kappa shape index (κ2) is 6.62. The van der Waals surface area contributed by atoms with Crippen LogP contribution in [-0.4, -0.2) is 17.0 Å². The molecule has 0 saturated heterocycles. The van der Waals surface area contributed by atoms with Gasteiger partial charge >= 0.3 is 0 Å². The summed E-state index contributed by atoms with van der Waals surface area (Å²) in [4.78, 5) is 0. The van der Waals surface area contributed by atoms with Gasteiger partial charge in [-0.05, 0) is 45.3 Å². The number of hydrogen-bond donors (Lipinski definition) is 1. The van der Waals surface area contributed by atoms with Crippen molar-refractivity contribution in [3.05, 3.63) is 34.1 Å². The van der Waals surface area contributed by atoms with E-state index in [0.29, 0.717) is 9.72 Å². The van der Waals surface area contributed by atoms with Crippen molar-refractivity contribution in [2.45, 2.75) is 31.6 Å². The Morgan fingerprint density at radius 2 is 2.12 bits per heavy atom. The lowest BCUT2D eigenvalue weighted by Crippen LogP contribution is -2.26. The predicted molar refractivity (Wildman–Crippen MR) is 73.4 cm³/mol. The van der Waals surface area contributed by atoms with Gasteiger partial charge in [-0.3, -0.25) is 0 Å². The van der Waals surface area contributed by atoms with Gasteiger partial charge in [0.05, 0.1) is 4.47 Å². The Kier molecular flexibility index (Phi) is 5.79. The summed E-state index contributed by atoms with van der Waals surface area (Å²) in [5.41, 5.74) is 7.09. The third-order valence-electron chi connectivity index (χ3n) is 2.13. The van der Waals surface area contributed by atoms with E-state index in [4.69, 9.17) is 5.73 Å². The Morgan fingerprint density at radius 3 is 2.69 bits per heavy atom. The lowest BCUT2D eigenvalue weighted by molar-refractivity contribution is 0.619. The largest absolute Gasteiger partial charge is 0.327 e. The van der Waals surface area contributed by atoms with Crippen LogP contribution in [0.2, 0.25) is 0 Å². The van der Waals surface area contributed by atoms with E-state index < -0.39 is 0 Å². The maximum absolute atomic E-state index is 13.0. The standard InChI is InChI=1S/C12H17BrFNS/c1-8(2)16-7-10(15)5-9-3-4-12(14)11(13)6-9/h3-4,6,8,10H,5,7,15H2,1-2H3. The molecule has 1 unspecified atom stereocenters. The van der Waals surface area contributed by atoms with E-state index in [1.165, 1.54) is 6.07 Å². The molecule has 0 heterocycles. The number of benzene rings is 1. The molecule has 4 heteroatoms. The van der Waals surface area contributed by atoms with Gasteiger partial charge in [0.25, 0.3) is 0 Å². The zero-order valence-corrected chi connectivity index (χ0v) is 11.9. The summed E-state index contributed by atoms with van der Waals surface area (Å²) in [5, 5.41) is 0.603. The topological polar surface area (TPSA) is 26.0 Å². The second-order valence-electron chi connectivity index (χ2n) is 4.09. The van der Waals surface area contributed by atoms with E-state index in [1.807, 2.05) is 11.8 Å². The minimum absolute atomic E-state index is 0.129. The minimum Gasteiger partial charge on any atom is -0.327 e. The summed E-state index contributed by atoms with van der Waals surface area (Å²) >= 11 is 5.03. The molecule has 0 radical (unpaired) electrons. The average molecular weight is 306 g/mol. The fourth-order valence-corrected chi connectivity index (χ4v) is 2.52. The molecule has 0 bridgehead atoms. The third-order valence-corrected chi connectivity index (χ3v) is 4.02. The van der Waals surface area contributed by atoms with Gasteiger partial charge in [-0.25, -0.2) is 4.39 Å². The van der Waals surface area contributed by atoms with E-state index in [0.717, 1.165) is 17.7 Å². The molecule has 90 valence electrons. The maximum atomic E-state index is 13.0. The molecule has 1 nitrogen and oxygen atoms in total. The lowest BCUT2D eigenvalue weighted by atomic mass is 10.1. The Morgan fingerprint density at radius 1 is 1.44 bits per heavy atom. The second-order valence-corrected chi connectivity index (χ2v) is 6.56. The average Bonchev–Trinajstić information content (AvgIpc) is 2.21. The molecule has 1 aromatic carbocycles. The highest BCUT2D eigenvalue weighted by molar-refractivity contribution is 9.10. The van der Waals surface area contributed by atoms with Crippen LogP contribution < -0.4 is 5.73 Å². The van der Waals surface area contributed by atoms with E-state index in [9.17, 15) is 4.39 Å². The number of thioether (sulfide) groups is 1. The third kappa shape index (κ3) is 4.85. The molecular weight excluding hydrogens is 289 g/mol. The molecule has 0 aliphatic rings. The Labute approximate surface area is 109 Å². The highest BCUT2D eigenvalue weighted by Crippen LogP contribution is 2.18. The highest BCUT2D eigenvalue weighted by atomic mass is 79.9. The molecule has 1 aromatic rings. The SMILES string of the molecule is CC(C)SCC(N)Cc1ccc(F)c(Br)c1. The van der Waals surface area contributed by atoms with E-state index in [-0.39, 0.29) is 11.9 Å². The fraction of sp³-hybridized carbons (Fsp3) is 0.500. The Bertz CT molecular complexity index is 344. The normalized spacial score (nSPS) is 13.1. The zero-order chi connectivity index (χ0) is 12.1. The quantitative estimate of drug-likeness (QED) is 0.899. The first-order valence-corrected chi connectivity index (χ1v) is 7.14. The van der Waals surface area contributed by atoms with Crippen molar-refractivity contribution in [1.29, 1.82) is 0 Å². The van der Waals surface area contributed by atoms with Crippen molar-refractivity contribution in [2.75, 3.05) is 5.75 Å². The molecule has 0 aliphatic carbocycles. The first kappa shape index (κ1) is 14.0. The molecule has 1 atom stereocenters. The van der Waals surface area contributed by atoms with Crippen LogP contribution in [0.4, 0.5) is 4.39 Å². The van der Waals surface area contributed by atoms with Gasteiger partial charge in [-0.2, -0.15) is 11.8 Å². The van der Waals surface area contributed by atoms with Gasteiger partial charge in [0.2, 0.25) is 0 Å². The molecule has 1 rings (SSSR count). The van der Waals surface area contributed by atoms with Crippen LogP contribution >= 0.6 is 27.7 Å². The molecule has 0 saturated carbocycles. The van der Waals surface area contributed by atoms with Gasteiger partial charge < -0.3 is 5.73 Å². The predicted octanol–water partition coefficient (Wildman–Crippen LogP) is 3.60. The van der Waals surface area contributed by atoms with Crippen molar-refractivity contribution < 1.29 is 4.39 Å². The van der Waals surface area contributed by atoms with Gasteiger partial charge in [0, 0.05) is 11.8 Å². The number of halogens is 2. The fourth-order valence-electron chi connectivity index (χ4n) is 1.34. The number of nitrogens with two attached hydrogens (primary N) is 1. The van der Waals surface area contributed by atoms with Crippen molar-refractivity contribution in [2.24, 2.45) is 5.73 Å². The van der Waals surface area contributed by atoms with Gasteiger partial charge in [-0.15, -0.1) is 0 Å². The molecular formula is C12H17BrFNS. The number of rotatable bonds is 5. The molecule has 0 fully saturated rings. The first-order chi connectivity index (χ1) is 7.49. The van der Waals surface area contributed by atoms with Crippen LogP contribution in [0, 0.1) is 5.82 Å². The Hall–Kier alpha value is -0.0600. The summed E-state index contributed by atoms with van der Waals surface area (Å²) < 4.78 is 13.5. The van der Waals surface area contributed by atoms with E-state index in [1.54, 1.807) is 12.1 Å². The van der Waals surface area contributed by atoms with Crippen LogP contribution in [0.3, 0.4) is 0 Å². The van der Waals surface area contributed by atoms with Gasteiger partial charge in [0.1, 0.15) is 5.82 Å². The summed E-state index contributed by atoms with van der Waals surface area (Å²) in [6.45, 7) is 4.32. The summed E-state index contributed by atoms with van der Waals surface area (Å²) in [6, 6.07) is 5.20. The number of hydrogen-bond acceptors (Lipinski definition) is 2. The van der Waals surface area contributed by atoms with Crippen LogP contribution in [0.25, 0.3) is 0 Å². The molecule has 2 N–H and O–H groups in total. The van der Waals surface area contributed by atoms with Gasteiger partial charge in [-0.1, -0.05) is 19.9 Å².